The largest absolute Gasteiger partial charge is 0.490 e. The average molecular weight is 878 g/mol. The predicted molar refractivity (Wildman–Crippen MR) is 221 cm³/mol. The molecule has 0 unspecified atom stereocenters. The number of carbonyl (C=O) groups excluding carboxylic acids is 2. The number of pyridine rings is 1. The summed E-state index contributed by atoms with van der Waals surface area (Å²) in [4.78, 5) is 33.5. The van der Waals surface area contributed by atoms with E-state index >= 15 is 0 Å². The normalized spacial score (nSPS) is 10.5. The summed E-state index contributed by atoms with van der Waals surface area (Å²) in [6, 6.07) is 18.0. The number of anilines is 1. The summed E-state index contributed by atoms with van der Waals surface area (Å²) in [5, 5.41) is 21.1. The van der Waals surface area contributed by atoms with Gasteiger partial charge in [-0.25, -0.2) is 9.97 Å². The number of hydrogen-bond acceptors (Lipinski definition) is 14. The number of halogens is 5. The molecular formula is C36H42Cl5N7O6S. The van der Waals surface area contributed by atoms with E-state index in [-0.39, 0.29) is 92.6 Å². The summed E-state index contributed by atoms with van der Waals surface area (Å²) < 4.78 is 22.4. The first-order chi connectivity index (χ1) is 24.8. The molecule has 0 aliphatic heterocycles. The van der Waals surface area contributed by atoms with Crippen LogP contribution in [-0.2, 0) is 24.8 Å². The second kappa shape index (κ2) is 26.8. The van der Waals surface area contributed by atoms with Crippen LogP contribution in [0.2, 0.25) is 5.02 Å². The number of thioether (sulfide) groups is 1. The van der Waals surface area contributed by atoms with E-state index in [0.717, 1.165) is 5.56 Å². The summed E-state index contributed by atoms with van der Waals surface area (Å²) >= 11 is 7.22. The number of carbonyl (C=O) groups is 2. The van der Waals surface area contributed by atoms with Crippen molar-refractivity contribution >= 4 is 90.7 Å². The summed E-state index contributed by atoms with van der Waals surface area (Å²) in [5.74, 6) is 0.256. The van der Waals surface area contributed by atoms with Crippen LogP contribution in [0.3, 0.4) is 0 Å². The highest BCUT2D eigenvalue weighted by molar-refractivity contribution is 7.98. The number of nitrogen functional groups attached to an aromatic ring is 1. The van der Waals surface area contributed by atoms with E-state index in [9.17, 15) is 20.1 Å². The van der Waals surface area contributed by atoms with Crippen molar-refractivity contribution in [3.05, 3.63) is 76.6 Å². The van der Waals surface area contributed by atoms with Gasteiger partial charge in [0.15, 0.2) is 6.10 Å². The van der Waals surface area contributed by atoms with Crippen LogP contribution in [0.25, 0.3) is 22.6 Å². The highest BCUT2D eigenvalue weighted by Gasteiger charge is 2.22. The Bertz CT molecular complexity index is 1870. The van der Waals surface area contributed by atoms with Gasteiger partial charge < -0.3 is 35.8 Å². The molecule has 1 atom stereocenters. The van der Waals surface area contributed by atoms with Gasteiger partial charge in [-0.3, -0.25) is 9.59 Å². The molecule has 0 saturated carbocycles. The van der Waals surface area contributed by atoms with Gasteiger partial charge >= 0.3 is 11.9 Å². The molecule has 2 heterocycles. The van der Waals surface area contributed by atoms with Crippen LogP contribution in [-0.4, -0.2) is 54.3 Å². The van der Waals surface area contributed by atoms with E-state index < -0.39 is 18.0 Å². The van der Waals surface area contributed by atoms with Gasteiger partial charge in [0.05, 0.1) is 11.3 Å². The van der Waals surface area contributed by atoms with Crippen molar-refractivity contribution in [3.63, 3.8) is 0 Å². The number of oxazole rings is 1. The molecule has 0 radical (unpaired) electrons. The van der Waals surface area contributed by atoms with Crippen LogP contribution in [0, 0.1) is 22.7 Å². The van der Waals surface area contributed by atoms with Crippen molar-refractivity contribution in [1.29, 1.82) is 10.5 Å². The zero-order chi connectivity index (χ0) is 36.6. The van der Waals surface area contributed by atoms with E-state index in [2.05, 4.69) is 22.1 Å². The van der Waals surface area contributed by atoms with Crippen molar-refractivity contribution in [2.75, 3.05) is 32.0 Å². The van der Waals surface area contributed by atoms with Gasteiger partial charge in [0.2, 0.25) is 5.89 Å². The molecule has 13 nitrogen and oxygen atoms in total. The Balaban J connectivity index is 0.00000729. The van der Waals surface area contributed by atoms with Gasteiger partial charge in [-0.15, -0.1) is 49.6 Å². The van der Waals surface area contributed by atoms with E-state index in [4.69, 9.17) is 47.4 Å². The van der Waals surface area contributed by atoms with Crippen molar-refractivity contribution in [1.82, 2.24) is 9.97 Å². The maximum Gasteiger partial charge on any atom is 0.306 e. The Kier molecular flexibility index (Phi) is 24.8. The van der Waals surface area contributed by atoms with E-state index in [0.29, 0.717) is 83.0 Å². The molecule has 4 rings (SSSR count). The molecule has 0 aliphatic carbocycles. The lowest BCUT2D eigenvalue weighted by Crippen LogP contribution is -2.31. The van der Waals surface area contributed by atoms with Crippen LogP contribution in [0.15, 0.2) is 64.2 Å². The first-order valence-corrected chi connectivity index (χ1v) is 17.6. The molecule has 2 aromatic heterocycles. The molecule has 19 heteroatoms. The second-order valence-corrected chi connectivity index (χ2v) is 12.6. The molecule has 55 heavy (non-hydrogen) atoms. The molecule has 298 valence electrons. The molecule has 0 saturated heterocycles. The highest BCUT2D eigenvalue weighted by Crippen LogP contribution is 2.37. The number of esters is 2. The maximum absolute atomic E-state index is 12.4. The van der Waals surface area contributed by atoms with Crippen molar-refractivity contribution in [2.24, 2.45) is 11.5 Å². The molecule has 0 fully saturated rings. The minimum absolute atomic E-state index is 0. The van der Waals surface area contributed by atoms with Gasteiger partial charge in [0, 0.05) is 34.7 Å². The molecule has 0 aliphatic rings. The standard InChI is InChI=1S/C36H38ClN7O6S.4ClH/c37-25-11-7-24(8-12-25)35-43-26(19-49-35)22-51-36-30(18-41)33(29(17-40)34(42)44-36)23-9-13-27(14-10-23)47-20-28(50-32(46)6-2-4-16-39)21-48-31(45)5-1-3-15-38;;;;/h7-14,19,28H,1-6,15-16,20-22,38-39H2,(H2,42,44);4*1H/t28-;;;;/m0..../s1. The van der Waals surface area contributed by atoms with Crippen molar-refractivity contribution < 1.29 is 28.2 Å². The van der Waals surface area contributed by atoms with Crippen LogP contribution in [0.1, 0.15) is 55.3 Å². The average Bonchev–Trinajstić information content (AvgIpc) is 3.61. The van der Waals surface area contributed by atoms with Gasteiger partial charge in [-0.05, 0) is 80.7 Å². The summed E-state index contributed by atoms with van der Waals surface area (Å²) in [7, 11) is 0. The van der Waals surface area contributed by atoms with Crippen molar-refractivity contribution in [2.45, 2.75) is 55.4 Å². The first-order valence-electron chi connectivity index (χ1n) is 16.2. The summed E-state index contributed by atoms with van der Waals surface area (Å²) in [6.07, 6.45) is 3.60. The smallest absolute Gasteiger partial charge is 0.306 e. The van der Waals surface area contributed by atoms with Gasteiger partial charge in [0.1, 0.15) is 53.8 Å². The molecule has 0 amide bonds. The number of rotatable bonds is 19. The Hall–Kier alpha value is -3.96. The quantitative estimate of drug-likeness (QED) is 0.0472. The van der Waals surface area contributed by atoms with Gasteiger partial charge in [-0.1, -0.05) is 35.5 Å². The van der Waals surface area contributed by atoms with E-state index in [1.54, 1.807) is 48.5 Å². The van der Waals surface area contributed by atoms with Gasteiger partial charge in [0.25, 0.3) is 0 Å². The SMILES string of the molecule is Cl.Cl.Cl.Cl.N#Cc1c(N)nc(SCc2coc(-c3ccc(Cl)cc3)n2)c(C#N)c1-c1ccc(OC[C@@H](COC(=O)CCCCN)OC(=O)CCCCN)cc1. The second-order valence-electron chi connectivity index (χ2n) is 11.2. The first kappa shape index (κ1) is 51.0. The number of ether oxygens (including phenoxy) is 3. The lowest BCUT2D eigenvalue weighted by molar-refractivity contribution is -0.161. The lowest BCUT2D eigenvalue weighted by Gasteiger charge is -2.19. The molecule has 0 spiro atoms. The summed E-state index contributed by atoms with van der Waals surface area (Å²) in [6.45, 7) is 0.677. The minimum Gasteiger partial charge on any atom is -0.490 e. The van der Waals surface area contributed by atoms with E-state index in [1.165, 1.54) is 18.0 Å². The molecule has 2 aromatic carbocycles. The molecule has 6 N–H and O–H groups in total. The Labute approximate surface area is 353 Å². The third-order valence-corrected chi connectivity index (χ3v) is 8.65. The topological polar surface area (TPSA) is 226 Å². The Morgan fingerprint density at radius 1 is 0.818 bits per heavy atom. The zero-order valence-electron chi connectivity index (χ0n) is 29.4. The monoisotopic (exact) mass is 875 g/mol. The Morgan fingerprint density at radius 3 is 2.02 bits per heavy atom. The number of hydrogen-bond donors (Lipinski definition) is 3. The number of aromatic nitrogens is 2. The number of benzene rings is 2. The molecule has 4 aromatic rings. The Morgan fingerprint density at radius 2 is 1.42 bits per heavy atom. The van der Waals surface area contributed by atoms with Crippen LogP contribution in [0.5, 0.6) is 5.75 Å². The fraction of sp³-hybridized carbons (Fsp3) is 0.333. The molecule has 0 bridgehead atoms. The minimum atomic E-state index is -0.851. The zero-order valence-corrected chi connectivity index (χ0v) is 34.3. The summed E-state index contributed by atoms with van der Waals surface area (Å²) in [5.41, 5.74) is 19.7. The lowest BCUT2D eigenvalue weighted by atomic mass is 9.97. The number of nitrogens with zero attached hydrogens (tertiary/aromatic N) is 4. The van der Waals surface area contributed by atoms with Crippen molar-refractivity contribution in [3.8, 4) is 40.5 Å². The predicted octanol–water partition coefficient (Wildman–Crippen LogP) is 7.45. The van der Waals surface area contributed by atoms with E-state index in [1.807, 2.05) is 0 Å². The third kappa shape index (κ3) is 15.6. The van der Waals surface area contributed by atoms with Crippen LogP contribution < -0.4 is 21.9 Å². The third-order valence-electron chi connectivity index (χ3n) is 7.39. The molecular weight excluding hydrogens is 836 g/mol. The van der Waals surface area contributed by atoms with Gasteiger partial charge in [-0.2, -0.15) is 10.5 Å². The maximum atomic E-state index is 12.4. The number of nitriles is 2. The van der Waals surface area contributed by atoms with Crippen LogP contribution in [0.4, 0.5) is 5.82 Å². The fourth-order valence-corrected chi connectivity index (χ4v) is 5.78. The van der Waals surface area contributed by atoms with Crippen LogP contribution >= 0.6 is 73.0 Å². The fourth-order valence-electron chi connectivity index (χ4n) is 4.79. The number of nitrogens with two attached hydrogens (primary N) is 3. The highest BCUT2D eigenvalue weighted by atomic mass is 35.5. The number of unbranched alkanes of at least 4 members (excludes halogenated alkanes) is 2.